The van der Waals surface area contributed by atoms with Gasteiger partial charge < -0.3 is 14.6 Å². The third-order valence-electron chi connectivity index (χ3n) is 4.08. The van der Waals surface area contributed by atoms with Gasteiger partial charge in [-0.05, 0) is 30.9 Å². The lowest BCUT2D eigenvalue weighted by Gasteiger charge is -2.32. The smallest absolute Gasteiger partial charge is 0.289 e. The van der Waals surface area contributed by atoms with Gasteiger partial charge in [-0.3, -0.25) is 9.59 Å². The van der Waals surface area contributed by atoms with Gasteiger partial charge in [0.15, 0.2) is 10.8 Å². The zero-order chi connectivity index (χ0) is 17.1. The van der Waals surface area contributed by atoms with Gasteiger partial charge in [-0.1, -0.05) is 13.8 Å². The van der Waals surface area contributed by atoms with Gasteiger partial charge in [-0.15, -0.1) is 11.3 Å². The summed E-state index contributed by atoms with van der Waals surface area (Å²) < 4.78 is 5.17. The van der Waals surface area contributed by atoms with Gasteiger partial charge in [0.05, 0.1) is 12.0 Å². The normalized spacial score (nSPS) is 18.0. The molecule has 1 fully saturated rings. The largest absolute Gasteiger partial charge is 0.459 e. The van der Waals surface area contributed by atoms with Crippen molar-refractivity contribution in [1.29, 1.82) is 0 Å². The summed E-state index contributed by atoms with van der Waals surface area (Å²) in [5.41, 5.74) is 0.934. The Labute approximate surface area is 144 Å². The molecule has 2 aromatic heterocycles. The highest BCUT2D eigenvalue weighted by atomic mass is 32.1. The van der Waals surface area contributed by atoms with Gasteiger partial charge in [0.25, 0.3) is 11.8 Å². The van der Waals surface area contributed by atoms with Crippen molar-refractivity contribution in [2.75, 3.05) is 13.1 Å². The number of likely N-dealkylation sites (tertiary alicyclic amines) is 1. The Morgan fingerprint density at radius 1 is 1.46 bits per heavy atom. The molecule has 2 aromatic rings. The van der Waals surface area contributed by atoms with Crippen LogP contribution in [0.5, 0.6) is 0 Å². The molecule has 24 heavy (non-hydrogen) atoms. The van der Waals surface area contributed by atoms with Crippen molar-refractivity contribution in [2.24, 2.45) is 0 Å². The van der Waals surface area contributed by atoms with E-state index in [1.807, 2.05) is 5.38 Å². The maximum atomic E-state index is 12.4. The van der Waals surface area contributed by atoms with Crippen LogP contribution in [-0.4, -0.2) is 40.8 Å². The van der Waals surface area contributed by atoms with E-state index in [2.05, 4.69) is 24.1 Å². The highest BCUT2D eigenvalue weighted by molar-refractivity contribution is 7.11. The maximum absolute atomic E-state index is 12.4. The highest BCUT2D eigenvalue weighted by Crippen LogP contribution is 2.19. The van der Waals surface area contributed by atoms with Crippen molar-refractivity contribution in [1.82, 2.24) is 15.2 Å². The molecule has 3 rings (SSSR count). The van der Waals surface area contributed by atoms with Gasteiger partial charge in [-0.2, -0.15) is 0 Å². The lowest BCUT2D eigenvalue weighted by atomic mass is 10.1. The molecule has 0 aliphatic carbocycles. The molecule has 0 unspecified atom stereocenters. The molecule has 0 radical (unpaired) electrons. The van der Waals surface area contributed by atoms with Crippen LogP contribution in [0.15, 0.2) is 28.2 Å². The van der Waals surface area contributed by atoms with E-state index < -0.39 is 0 Å². The first kappa shape index (κ1) is 16.7. The van der Waals surface area contributed by atoms with E-state index in [1.54, 1.807) is 17.0 Å². The second-order valence-corrected chi connectivity index (χ2v) is 7.13. The summed E-state index contributed by atoms with van der Waals surface area (Å²) in [7, 11) is 0. The monoisotopic (exact) mass is 347 g/mol. The minimum absolute atomic E-state index is 0.0587. The molecule has 6 nitrogen and oxygen atoms in total. The van der Waals surface area contributed by atoms with E-state index in [0.717, 1.165) is 18.5 Å². The fourth-order valence-electron chi connectivity index (χ4n) is 2.74. The third-order valence-corrected chi connectivity index (χ3v) is 4.94. The average Bonchev–Trinajstić information content (AvgIpc) is 3.26. The van der Waals surface area contributed by atoms with Crippen LogP contribution in [0.2, 0.25) is 0 Å². The summed E-state index contributed by atoms with van der Waals surface area (Å²) >= 11 is 1.36. The minimum atomic E-state index is -0.163. The summed E-state index contributed by atoms with van der Waals surface area (Å²) in [5.74, 6) is 0.349. The number of nitrogens with zero attached hydrogens (tertiary/aromatic N) is 2. The molecule has 0 saturated carbocycles. The number of furan rings is 1. The number of carbonyl (C=O) groups is 2. The van der Waals surface area contributed by atoms with Gasteiger partial charge in [0.2, 0.25) is 0 Å². The van der Waals surface area contributed by atoms with Crippen molar-refractivity contribution in [2.45, 2.75) is 38.6 Å². The standard InChI is InChI=1S/C17H21N3O3S/c1-11(2)13-10-24-16(19-13)15(21)18-12-5-3-7-20(9-12)17(22)14-6-4-8-23-14/h4,6,8,10-12H,3,5,7,9H2,1-2H3,(H,18,21)/t12-/m0/s1. The summed E-state index contributed by atoms with van der Waals surface area (Å²) in [6.45, 7) is 5.28. The number of rotatable bonds is 4. The molecule has 1 atom stereocenters. The fourth-order valence-corrected chi connectivity index (χ4v) is 3.62. The Morgan fingerprint density at radius 3 is 2.96 bits per heavy atom. The van der Waals surface area contributed by atoms with E-state index in [1.165, 1.54) is 17.6 Å². The number of thiazole rings is 1. The molecule has 0 aromatic carbocycles. The molecule has 3 heterocycles. The molecule has 0 spiro atoms. The lowest BCUT2D eigenvalue weighted by Crippen LogP contribution is -2.49. The summed E-state index contributed by atoms with van der Waals surface area (Å²) in [5, 5.41) is 5.41. The third kappa shape index (κ3) is 3.67. The number of amides is 2. The number of hydrogen-bond acceptors (Lipinski definition) is 5. The van der Waals surface area contributed by atoms with E-state index in [-0.39, 0.29) is 17.9 Å². The van der Waals surface area contributed by atoms with Gasteiger partial charge >= 0.3 is 0 Å². The van der Waals surface area contributed by atoms with Crippen molar-refractivity contribution >= 4 is 23.2 Å². The van der Waals surface area contributed by atoms with E-state index in [9.17, 15) is 9.59 Å². The molecule has 1 aliphatic rings. The quantitative estimate of drug-likeness (QED) is 0.923. The second kappa shape index (κ2) is 7.17. The first-order valence-corrected chi connectivity index (χ1v) is 9.01. The first-order valence-electron chi connectivity index (χ1n) is 8.13. The first-order chi connectivity index (χ1) is 11.5. The predicted molar refractivity (Wildman–Crippen MR) is 91.3 cm³/mol. The Morgan fingerprint density at radius 2 is 2.29 bits per heavy atom. The van der Waals surface area contributed by atoms with Crippen LogP contribution in [0, 0.1) is 0 Å². The van der Waals surface area contributed by atoms with Crippen LogP contribution in [0.1, 0.15) is 58.7 Å². The van der Waals surface area contributed by atoms with Crippen LogP contribution in [0.25, 0.3) is 0 Å². The van der Waals surface area contributed by atoms with Gasteiger partial charge in [0.1, 0.15) is 0 Å². The van der Waals surface area contributed by atoms with Crippen molar-refractivity contribution in [3.05, 3.63) is 40.2 Å². The van der Waals surface area contributed by atoms with Crippen molar-refractivity contribution in [3.8, 4) is 0 Å². The van der Waals surface area contributed by atoms with E-state index >= 15 is 0 Å². The second-order valence-electron chi connectivity index (χ2n) is 6.27. The zero-order valence-electron chi connectivity index (χ0n) is 13.8. The van der Waals surface area contributed by atoms with Crippen LogP contribution in [-0.2, 0) is 0 Å². The molecule has 1 aliphatic heterocycles. The number of hydrogen-bond donors (Lipinski definition) is 1. The van der Waals surface area contributed by atoms with Crippen molar-refractivity contribution < 1.29 is 14.0 Å². The van der Waals surface area contributed by atoms with Crippen LogP contribution in [0.3, 0.4) is 0 Å². The molecular formula is C17H21N3O3S. The summed E-state index contributed by atoms with van der Waals surface area (Å²) in [6.07, 6.45) is 3.20. The van der Waals surface area contributed by atoms with Crippen LogP contribution >= 0.6 is 11.3 Å². The maximum Gasteiger partial charge on any atom is 0.289 e. The van der Waals surface area contributed by atoms with Crippen molar-refractivity contribution in [3.63, 3.8) is 0 Å². The number of carbonyl (C=O) groups excluding carboxylic acids is 2. The molecule has 128 valence electrons. The SMILES string of the molecule is CC(C)c1csc(C(=O)N[C@H]2CCCN(C(=O)c3ccco3)C2)n1. The Balaban J connectivity index is 1.60. The zero-order valence-corrected chi connectivity index (χ0v) is 14.6. The van der Waals surface area contributed by atoms with Gasteiger partial charge in [-0.25, -0.2) is 4.98 Å². The predicted octanol–water partition coefficient (Wildman–Crippen LogP) is 2.89. The Hall–Kier alpha value is -2.15. The molecule has 1 saturated heterocycles. The Kier molecular flexibility index (Phi) is 4.99. The average molecular weight is 347 g/mol. The lowest BCUT2D eigenvalue weighted by molar-refractivity contribution is 0.0647. The number of nitrogens with one attached hydrogen (secondary N) is 1. The highest BCUT2D eigenvalue weighted by Gasteiger charge is 2.27. The summed E-state index contributed by atoms with van der Waals surface area (Å²) in [6, 6.07) is 3.30. The molecular weight excluding hydrogens is 326 g/mol. The Bertz CT molecular complexity index is 708. The molecule has 1 N–H and O–H groups in total. The van der Waals surface area contributed by atoms with Crippen LogP contribution in [0.4, 0.5) is 0 Å². The fraction of sp³-hybridized carbons (Fsp3) is 0.471. The minimum Gasteiger partial charge on any atom is -0.459 e. The molecule has 7 heteroatoms. The van der Waals surface area contributed by atoms with E-state index in [4.69, 9.17) is 4.42 Å². The van der Waals surface area contributed by atoms with Crippen LogP contribution < -0.4 is 5.32 Å². The molecule has 0 bridgehead atoms. The summed E-state index contributed by atoms with van der Waals surface area (Å²) in [4.78, 5) is 30.8. The van der Waals surface area contributed by atoms with E-state index in [0.29, 0.717) is 29.8 Å². The topological polar surface area (TPSA) is 75.4 Å². The molecule has 2 amide bonds. The number of aromatic nitrogens is 1. The van der Waals surface area contributed by atoms with Gasteiger partial charge in [0, 0.05) is 24.5 Å². The number of piperidine rings is 1.